The predicted octanol–water partition coefficient (Wildman–Crippen LogP) is 4.85. The molecule has 0 unspecified atom stereocenters. The molecule has 2 aromatic rings. The maximum Gasteiger partial charge on any atom is 0.262 e. The van der Waals surface area contributed by atoms with Crippen LogP contribution in [0.5, 0.6) is 0 Å². The minimum Gasteiger partial charge on any atom is -0.125 e. The van der Waals surface area contributed by atoms with E-state index in [-0.39, 0.29) is 41.8 Å². The summed E-state index contributed by atoms with van der Waals surface area (Å²) in [5.74, 6) is 0.0369. The van der Waals surface area contributed by atoms with Crippen LogP contribution in [-0.2, 0) is 0 Å². The number of rotatable bonds is 1. The Hall–Kier alpha value is -0.100. The molecule has 0 saturated carbocycles. The third-order valence-electron chi connectivity index (χ3n) is 1.89. The van der Waals surface area contributed by atoms with Gasteiger partial charge in [-0.2, -0.15) is 0 Å². The molecular formula is C8Cl6N4. The van der Waals surface area contributed by atoms with Crippen LogP contribution in [0.1, 0.15) is 0 Å². The molecule has 18 heavy (non-hydrogen) atoms. The highest BCUT2D eigenvalue weighted by atomic mass is 35.5. The quantitative estimate of drug-likeness (QED) is 0.536. The fourth-order valence-corrected chi connectivity index (χ4v) is 2.50. The molecule has 0 N–H and O–H groups in total. The normalized spacial score (nSPS) is 10.8. The molecule has 0 radical (unpaired) electrons. The largest absolute Gasteiger partial charge is 0.262 e. The zero-order valence-corrected chi connectivity index (χ0v) is 12.6. The van der Waals surface area contributed by atoms with Crippen molar-refractivity contribution in [2.45, 2.75) is 0 Å². The topological polar surface area (TPSA) is 51.6 Å². The van der Waals surface area contributed by atoms with Crippen LogP contribution < -0.4 is 0 Å². The minimum atomic E-state index is -0.114. The van der Waals surface area contributed by atoms with E-state index in [1.54, 1.807) is 0 Å². The Morgan fingerprint density at radius 3 is 1.33 bits per heavy atom. The van der Waals surface area contributed by atoms with E-state index in [4.69, 9.17) is 69.6 Å². The van der Waals surface area contributed by atoms with Crippen molar-refractivity contribution in [3.8, 4) is 11.4 Å². The van der Waals surface area contributed by atoms with Gasteiger partial charge in [-0.05, 0) is 11.6 Å². The highest BCUT2D eigenvalue weighted by molar-refractivity contribution is 6.56. The van der Waals surface area contributed by atoms with Gasteiger partial charge in [0, 0.05) is 0 Å². The van der Waals surface area contributed by atoms with Crippen LogP contribution >= 0.6 is 69.6 Å². The van der Waals surface area contributed by atoms with Crippen molar-refractivity contribution in [2.75, 3.05) is 0 Å². The number of hydrogen-bond acceptors (Lipinski definition) is 4. The van der Waals surface area contributed by atoms with Crippen LogP contribution in [0.3, 0.4) is 0 Å². The van der Waals surface area contributed by atoms with Crippen molar-refractivity contribution in [3.63, 3.8) is 0 Å². The molecule has 0 saturated heterocycles. The van der Waals surface area contributed by atoms with E-state index in [1.165, 1.54) is 0 Å². The van der Waals surface area contributed by atoms with Crippen molar-refractivity contribution in [1.29, 1.82) is 0 Å². The second kappa shape index (κ2) is 5.49. The van der Waals surface area contributed by atoms with Crippen molar-refractivity contribution in [1.82, 2.24) is 20.4 Å². The van der Waals surface area contributed by atoms with E-state index in [2.05, 4.69) is 20.4 Å². The van der Waals surface area contributed by atoms with Gasteiger partial charge >= 0.3 is 0 Å². The van der Waals surface area contributed by atoms with Gasteiger partial charge in [-0.15, -0.1) is 20.4 Å². The third-order valence-corrected chi connectivity index (χ3v) is 4.32. The monoisotopic (exact) mass is 362 g/mol. The maximum absolute atomic E-state index is 6.02. The van der Waals surface area contributed by atoms with Crippen molar-refractivity contribution in [2.24, 2.45) is 0 Å². The van der Waals surface area contributed by atoms with Gasteiger partial charge < -0.3 is 0 Å². The SMILES string of the molecule is Clc1nnc(-c2c(Cl)c(Cl)c(Cl)c(Cl)c2Cl)nn1. The van der Waals surface area contributed by atoms with Gasteiger partial charge in [0.2, 0.25) is 5.82 Å². The van der Waals surface area contributed by atoms with Crippen LogP contribution in [0, 0.1) is 0 Å². The number of halogens is 6. The summed E-state index contributed by atoms with van der Waals surface area (Å²) in [5, 5.41) is 14.6. The molecule has 1 aromatic heterocycles. The van der Waals surface area contributed by atoms with Crippen LogP contribution in [0.4, 0.5) is 0 Å². The number of hydrogen-bond donors (Lipinski definition) is 0. The standard InChI is InChI=1S/C8Cl6N4/c9-2-1(7-15-17-8(14)18-16-7)3(10)5(12)6(13)4(2)11. The van der Waals surface area contributed by atoms with Gasteiger partial charge in [0.25, 0.3) is 5.28 Å². The average molecular weight is 365 g/mol. The Morgan fingerprint density at radius 2 is 0.889 bits per heavy atom. The molecule has 4 nitrogen and oxygen atoms in total. The summed E-state index contributed by atoms with van der Waals surface area (Å²) >= 11 is 35.2. The third kappa shape index (κ3) is 2.46. The van der Waals surface area contributed by atoms with Crippen LogP contribution in [0.15, 0.2) is 0 Å². The molecule has 0 bridgehead atoms. The molecule has 1 heterocycles. The summed E-state index contributed by atoms with van der Waals surface area (Å²) in [4.78, 5) is 0. The van der Waals surface area contributed by atoms with E-state index in [0.29, 0.717) is 0 Å². The fraction of sp³-hybridized carbons (Fsp3) is 0. The molecule has 0 fully saturated rings. The molecule has 94 valence electrons. The Balaban J connectivity index is 2.75. The molecular weight excluding hydrogens is 365 g/mol. The Bertz CT molecular complexity index is 585. The summed E-state index contributed by atoms with van der Waals surface area (Å²) in [7, 11) is 0. The lowest BCUT2D eigenvalue weighted by Gasteiger charge is -2.10. The van der Waals surface area contributed by atoms with Gasteiger partial charge in [-0.1, -0.05) is 58.0 Å². The van der Waals surface area contributed by atoms with Crippen molar-refractivity contribution < 1.29 is 0 Å². The Morgan fingerprint density at radius 1 is 0.500 bits per heavy atom. The maximum atomic E-state index is 6.02. The highest BCUT2D eigenvalue weighted by Gasteiger charge is 2.22. The first-order chi connectivity index (χ1) is 8.43. The summed E-state index contributed by atoms with van der Waals surface area (Å²) in [5.41, 5.74) is 0.189. The Labute approximate surface area is 131 Å². The summed E-state index contributed by atoms with van der Waals surface area (Å²) < 4.78 is 0. The first-order valence-electron chi connectivity index (χ1n) is 4.18. The lowest BCUT2D eigenvalue weighted by atomic mass is 10.2. The lowest BCUT2D eigenvalue weighted by molar-refractivity contribution is 0.866. The summed E-state index contributed by atoms with van der Waals surface area (Å²) in [6, 6.07) is 0. The predicted molar refractivity (Wildman–Crippen MR) is 73.1 cm³/mol. The molecule has 0 amide bonds. The average Bonchev–Trinajstić information content (AvgIpc) is 2.36. The first kappa shape index (κ1) is 14.3. The highest BCUT2D eigenvalue weighted by Crippen LogP contribution is 2.47. The van der Waals surface area contributed by atoms with Crippen molar-refractivity contribution in [3.05, 3.63) is 30.4 Å². The second-order valence-electron chi connectivity index (χ2n) is 2.94. The second-order valence-corrected chi connectivity index (χ2v) is 5.17. The molecule has 0 aliphatic rings. The van der Waals surface area contributed by atoms with Gasteiger partial charge in [-0.25, -0.2) is 0 Å². The van der Waals surface area contributed by atoms with E-state index >= 15 is 0 Å². The zero-order valence-electron chi connectivity index (χ0n) is 8.06. The zero-order chi connectivity index (χ0) is 13.4. The number of aromatic nitrogens is 4. The van der Waals surface area contributed by atoms with Crippen LogP contribution in [-0.4, -0.2) is 20.4 Å². The van der Waals surface area contributed by atoms with E-state index in [9.17, 15) is 0 Å². The summed E-state index contributed by atoms with van der Waals surface area (Å²) in [6.07, 6.45) is 0. The molecule has 0 spiro atoms. The molecule has 0 aliphatic heterocycles. The Kier molecular flexibility index (Phi) is 4.36. The summed E-state index contributed by atoms with van der Waals surface area (Å²) in [6.45, 7) is 0. The van der Waals surface area contributed by atoms with Gasteiger partial charge in [-0.3, -0.25) is 0 Å². The van der Waals surface area contributed by atoms with Gasteiger partial charge in [0.1, 0.15) is 0 Å². The molecule has 2 rings (SSSR count). The molecule has 1 aromatic carbocycles. The van der Waals surface area contributed by atoms with Crippen LogP contribution in [0.2, 0.25) is 30.4 Å². The first-order valence-corrected chi connectivity index (χ1v) is 6.45. The number of nitrogens with zero attached hydrogens (tertiary/aromatic N) is 4. The number of benzene rings is 1. The van der Waals surface area contributed by atoms with Gasteiger partial charge in [0.15, 0.2) is 0 Å². The van der Waals surface area contributed by atoms with E-state index < -0.39 is 0 Å². The van der Waals surface area contributed by atoms with E-state index in [1.807, 2.05) is 0 Å². The molecule has 0 atom stereocenters. The lowest BCUT2D eigenvalue weighted by Crippen LogP contribution is -1.98. The van der Waals surface area contributed by atoms with Crippen LogP contribution in [0.25, 0.3) is 11.4 Å². The fourth-order valence-electron chi connectivity index (χ4n) is 1.12. The minimum absolute atomic E-state index is 0.0369. The molecule has 10 heteroatoms. The molecule has 0 aliphatic carbocycles. The van der Waals surface area contributed by atoms with Gasteiger partial charge in [0.05, 0.1) is 30.7 Å². The van der Waals surface area contributed by atoms with E-state index in [0.717, 1.165) is 0 Å². The smallest absolute Gasteiger partial charge is 0.125 e. The van der Waals surface area contributed by atoms with Crippen molar-refractivity contribution >= 4 is 69.6 Å².